The third-order valence-corrected chi connectivity index (χ3v) is 1.94. The topological polar surface area (TPSA) is 87.0 Å². The van der Waals surface area contributed by atoms with E-state index in [-0.39, 0.29) is 17.9 Å². The van der Waals surface area contributed by atoms with Gasteiger partial charge in [-0.05, 0) is 17.7 Å². The van der Waals surface area contributed by atoms with Crippen LogP contribution in [0, 0.1) is 0 Å². The first-order chi connectivity index (χ1) is 7.04. The maximum Gasteiger partial charge on any atom is 0.335 e. The van der Waals surface area contributed by atoms with Crippen molar-refractivity contribution in [3.63, 3.8) is 0 Å². The number of aliphatic hydroxyl groups excluding tert-OH is 1. The summed E-state index contributed by atoms with van der Waals surface area (Å²) >= 11 is 0. The van der Waals surface area contributed by atoms with E-state index in [0.717, 1.165) is 0 Å². The van der Waals surface area contributed by atoms with Crippen LogP contribution in [0.5, 0.6) is 11.5 Å². The van der Waals surface area contributed by atoms with Gasteiger partial charge in [-0.1, -0.05) is 6.07 Å². The summed E-state index contributed by atoms with van der Waals surface area (Å²) in [5, 5.41) is 27.5. The molecule has 0 aliphatic rings. The van der Waals surface area contributed by atoms with Gasteiger partial charge in [-0.2, -0.15) is 0 Å². The van der Waals surface area contributed by atoms with Crippen molar-refractivity contribution in [2.45, 2.75) is 12.5 Å². The lowest BCUT2D eigenvalue weighted by Gasteiger charge is -2.08. The quantitative estimate of drug-likeness (QED) is 0.491. The highest BCUT2D eigenvalue weighted by atomic mass is 16.5. The summed E-state index contributed by atoms with van der Waals surface area (Å²) in [6.07, 6.45) is -1.24. The molecule has 0 amide bonds. The minimum absolute atomic E-state index is 0.0283. The van der Waals surface area contributed by atoms with Crippen molar-refractivity contribution in [1.82, 2.24) is 0 Å². The highest BCUT2D eigenvalue weighted by Crippen LogP contribution is 2.25. The maximum absolute atomic E-state index is 10.9. The Morgan fingerprint density at radius 1 is 1.40 bits per heavy atom. The predicted octanol–water partition coefficient (Wildman–Crippen LogP) is 0.174. The van der Waals surface area contributed by atoms with E-state index >= 15 is 0 Å². The fourth-order valence-electron chi connectivity index (χ4n) is 1.14. The Labute approximate surface area is 86.5 Å². The Kier molecular flexibility index (Phi) is 3.51. The summed E-state index contributed by atoms with van der Waals surface area (Å²) in [5.41, 5.74) is 0.531. The molecule has 3 N–H and O–H groups in total. The molecule has 0 aliphatic heterocycles. The number of aromatic hydroxyl groups is 2. The van der Waals surface area contributed by atoms with Gasteiger partial charge in [0.25, 0.3) is 0 Å². The Hall–Kier alpha value is -1.75. The van der Waals surface area contributed by atoms with Crippen molar-refractivity contribution in [1.29, 1.82) is 0 Å². The molecule has 5 heteroatoms. The van der Waals surface area contributed by atoms with Gasteiger partial charge >= 0.3 is 5.97 Å². The number of ether oxygens (including phenoxy) is 1. The average Bonchev–Trinajstić information content (AvgIpc) is 2.22. The summed E-state index contributed by atoms with van der Waals surface area (Å²) < 4.78 is 4.34. The van der Waals surface area contributed by atoms with Crippen molar-refractivity contribution < 1.29 is 24.9 Å². The molecule has 0 saturated heterocycles. The van der Waals surface area contributed by atoms with Gasteiger partial charge in [-0.3, -0.25) is 0 Å². The lowest BCUT2D eigenvalue weighted by molar-refractivity contribution is -0.150. The van der Waals surface area contributed by atoms with Crippen LogP contribution in [-0.4, -0.2) is 34.5 Å². The van der Waals surface area contributed by atoms with Crippen LogP contribution in [0.1, 0.15) is 5.56 Å². The number of hydrogen-bond acceptors (Lipinski definition) is 5. The Balaban J connectivity index is 2.73. The smallest absolute Gasteiger partial charge is 0.335 e. The molecule has 0 aromatic heterocycles. The van der Waals surface area contributed by atoms with Crippen LogP contribution in [0.15, 0.2) is 18.2 Å². The van der Waals surface area contributed by atoms with Gasteiger partial charge in [-0.25, -0.2) is 4.79 Å². The highest BCUT2D eigenvalue weighted by molar-refractivity contribution is 5.74. The van der Waals surface area contributed by atoms with Gasteiger partial charge in [0.15, 0.2) is 17.6 Å². The van der Waals surface area contributed by atoms with Crippen LogP contribution in [0.4, 0.5) is 0 Å². The number of carbonyl (C=O) groups is 1. The van der Waals surface area contributed by atoms with E-state index in [9.17, 15) is 9.90 Å². The second kappa shape index (κ2) is 4.65. The molecule has 0 saturated carbocycles. The largest absolute Gasteiger partial charge is 0.504 e. The molecule has 1 aromatic carbocycles. The van der Waals surface area contributed by atoms with Crippen LogP contribution in [0.2, 0.25) is 0 Å². The fraction of sp³-hybridized carbons (Fsp3) is 0.300. The van der Waals surface area contributed by atoms with Crippen molar-refractivity contribution in [3.8, 4) is 11.5 Å². The molecule has 1 rings (SSSR count). The molecule has 15 heavy (non-hydrogen) atoms. The van der Waals surface area contributed by atoms with Gasteiger partial charge in [0.1, 0.15) is 0 Å². The first kappa shape index (κ1) is 11.3. The highest BCUT2D eigenvalue weighted by Gasteiger charge is 2.16. The fourth-order valence-corrected chi connectivity index (χ4v) is 1.14. The number of hydrogen-bond donors (Lipinski definition) is 3. The van der Waals surface area contributed by atoms with E-state index < -0.39 is 12.1 Å². The number of phenolic OH excluding ortho intramolecular Hbond substituents is 2. The lowest BCUT2D eigenvalue weighted by Crippen LogP contribution is -2.23. The van der Waals surface area contributed by atoms with Crippen LogP contribution < -0.4 is 0 Å². The van der Waals surface area contributed by atoms with Gasteiger partial charge in [0.2, 0.25) is 0 Å². The molecular formula is C10H12O5. The summed E-state index contributed by atoms with van der Waals surface area (Å²) in [6, 6.07) is 4.07. The van der Waals surface area contributed by atoms with Crippen molar-refractivity contribution in [2.75, 3.05) is 7.11 Å². The molecule has 82 valence electrons. The van der Waals surface area contributed by atoms with Gasteiger partial charge < -0.3 is 20.1 Å². The van der Waals surface area contributed by atoms with E-state index in [2.05, 4.69) is 4.74 Å². The minimum atomic E-state index is -1.26. The molecule has 5 nitrogen and oxygen atoms in total. The molecule has 1 aromatic rings. The molecule has 0 bridgehead atoms. The standard InChI is InChI=1S/C10H12O5/c1-15-10(14)9(13)5-6-2-3-7(11)8(12)4-6/h2-4,9,11-13H,5H2,1H3/t9-/m1/s1. The monoisotopic (exact) mass is 212 g/mol. The molecule has 0 radical (unpaired) electrons. The zero-order chi connectivity index (χ0) is 11.4. The average molecular weight is 212 g/mol. The number of aliphatic hydroxyl groups is 1. The SMILES string of the molecule is COC(=O)[C@H](O)Cc1ccc(O)c(O)c1. The lowest BCUT2D eigenvalue weighted by atomic mass is 10.1. The molecule has 0 fully saturated rings. The zero-order valence-electron chi connectivity index (χ0n) is 8.17. The van der Waals surface area contributed by atoms with Crippen molar-refractivity contribution >= 4 is 5.97 Å². The van der Waals surface area contributed by atoms with E-state index in [1.54, 1.807) is 0 Å². The number of rotatable bonds is 3. The van der Waals surface area contributed by atoms with Gasteiger partial charge in [0.05, 0.1) is 7.11 Å². The van der Waals surface area contributed by atoms with Crippen LogP contribution in [0.25, 0.3) is 0 Å². The second-order valence-corrected chi connectivity index (χ2v) is 3.07. The molecule has 0 spiro atoms. The molecular weight excluding hydrogens is 200 g/mol. The van der Waals surface area contributed by atoms with Crippen molar-refractivity contribution in [2.24, 2.45) is 0 Å². The number of phenols is 2. The summed E-state index contributed by atoms with van der Waals surface area (Å²) in [6.45, 7) is 0. The number of methoxy groups -OCH3 is 1. The summed E-state index contributed by atoms with van der Waals surface area (Å²) in [5.74, 6) is -1.27. The van der Waals surface area contributed by atoms with E-state index in [1.807, 2.05) is 0 Å². The zero-order valence-corrected chi connectivity index (χ0v) is 8.17. The molecule has 0 unspecified atom stereocenters. The van der Waals surface area contributed by atoms with Crippen LogP contribution >= 0.6 is 0 Å². The van der Waals surface area contributed by atoms with Gasteiger partial charge in [-0.15, -0.1) is 0 Å². The summed E-state index contributed by atoms with van der Waals surface area (Å²) in [7, 11) is 1.18. The van der Waals surface area contributed by atoms with Crippen LogP contribution in [0.3, 0.4) is 0 Å². The number of carbonyl (C=O) groups excluding carboxylic acids is 1. The van der Waals surface area contributed by atoms with Crippen molar-refractivity contribution in [3.05, 3.63) is 23.8 Å². The normalized spacial score (nSPS) is 12.1. The second-order valence-electron chi connectivity index (χ2n) is 3.07. The molecule has 0 heterocycles. The first-order valence-corrected chi connectivity index (χ1v) is 4.31. The third-order valence-electron chi connectivity index (χ3n) is 1.94. The molecule has 0 aliphatic carbocycles. The Bertz CT molecular complexity index is 361. The maximum atomic E-state index is 10.9. The number of benzene rings is 1. The Morgan fingerprint density at radius 2 is 2.07 bits per heavy atom. The van der Waals surface area contributed by atoms with E-state index in [4.69, 9.17) is 10.2 Å². The van der Waals surface area contributed by atoms with Crippen LogP contribution in [-0.2, 0) is 16.0 Å². The van der Waals surface area contributed by atoms with E-state index in [0.29, 0.717) is 5.56 Å². The number of esters is 1. The summed E-state index contributed by atoms with van der Waals surface area (Å²) in [4.78, 5) is 10.9. The minimum Gasteiger partial charge on any atom is -0.504 e. The first-order valence-electron chi connectivity index (χ1n) is 4.31. The molecule has 1 atom stereocenters. The van der Waals surface area contributed by atoms with E-state index in [1.165, 1.54) is 25.3 Å². The third kappa shape index (κ3) is 2.85. The van der Waals surface area contributed by atoms with Gasteiger partial charge in [0, 0.05) is 6.42 Å². The Morgan fingerprint density at radius 3 is 2.60 bits per heavy atom. The predicted molar refractivity (Wildman–Crippen MR) is 51.5 cm³/mol.